The summed E-state index contributed by atoms with van der Waals surface area (Å²) in [5.41, 5.74) is 2.67. The van der Waals surface area contributed by atoms with Crippen LogP contribution < -0.4 is 19.1 Å². The molecule has 2 amide bonds. The molecular weight excluding hydrogens is 542 g/mol. The molecule has 3 aromatic rings. The molecule has 1 unspecified atom stereocenters. The van der Waals surface area contributed by atoms with Crippen molar-refractivity contribution in [3.63, 3.8) is 0 Å². The van der Waals surface area contributed by atoms with Gasteiger partial charge in [0.15, 0.2) is 0 Å². The van der Waals surface area contributed by atoms with Crippen molar-refractivity contribution in [1.82, 2.24) is 10.2 Å². The molecule has 0 spiro atoms. The molecule has 220 valence electrons. The zero-order valence-corrected chi connectivity index (χ0v) is 25.5. The van der Waals surface area contributed by atoms with E-state index >= 15 is 0 Å². The molecule has 0 fully saturated rings. The van der Waals surface area contributed by atoms with Crippen molar-refractivity contribution in [2.75, 3.05) is 25.1 Å². The minimum absolute atomic E-state index is 0.0340. The summed E-state index contributed by atoms with van der Waals surface area (Å²) in [5, 5.41) is 2.85. The third-order valence-corrected chi connectivity index (χ3v) is 8.38. The molecule has 0 aliphatic rings. The third-order valence-electron chi connectivity index (χ3n) is 6.60. The number of methoxy groups -OCH3 is 2. The fourth-order valence-corrected chi connectivity index (χ4v) is 5.68. The van der Waals surface area contributed by atoms with Gasteiger partial charge in [0, 0.05) is 12.6 Å². The number of nitrogens with one attached hydrogen (secondary N) is 1. The Kier molecular flexibility index (Phi) is 10.4. The topological polar surface area (TPSA) is 105 Å². The Hall–Kier alpha value is -4.05. The van der Waals surface area contributed by atoms with Crippen LogP contribution in [0.1, 0.15) is 37.5 Å². The number of rotatable bonds is 12. The minimum atomic E-state index is -4.21. The minimum Gasteiger partial charge on any atom is -0.497 e. The third kappa shape index (κ3) is 7.79. The van der Waals surface area contributed by atoms with Gasteiger partial charge in [0.05, 0.1) is 24.8 Å². The van der Waals surface area contributed by atoms with Gasteiger partial charge in [0.1, 0.15) is 24.1 Å². The molecule has 0 radical (unpaired) electrons. The second-order valence-corrected chi connectivity index (χ2v) is 12.1. The molecule has 0 saturated heterocycles. The van der Waals surface area contributed by atoms with Gasteiger partial charge < -0.3 is 19.7 Å². The number of carbonyl (C=O) groups is 2. The summed E-state index contributed by atoms with van der Waals surface area (Å²) in [5.74, 6) is 0.0555. The second kappa shape index (κ2) is 13.5. The van der Waals surface area contributed by atoms with Gasteiger partial charge in [-0.1, -0.05) is 35.9 Å². The lowest BCUT2D eigenvalue weighted by Gasteiger charge is -2.32. The Balaban J connectivity index is 2.09. The zero-order valence-electron chi connectivity index (χ0n) is 24.7. The van der Waals surface area contributed by atoms with Crippen LogP contribution in [-0.2, 0) is 26.2 Å². The summed E-state index contributed by atoms with van der Waals surface area (Å²) in [6.45, 7) is 8.52. The van der Waals surface area contributed by atoms with Crippen LogP contribution in [0, 0.1) is 13.8 Å². The molecule has 0 aliphatic heterocycles. The van der Waals surface area contributed by atoms with Crippen molar-refractivity contribution in [1.29, 1.82) is 0 Å². The van der Waals surface area contributed by atoms with Crippen molar-refractivity contribution in [2.24, 2.45) is 0 Å². The number of benzene rings is 3. The number of amides is 2. The molecule has 1 atom stereocenters. The van der Waals surface area contributed by atoms with Gasteiger partial charge in [-0.3, -0.25) is 13.9 Å². The highest BCUT2D eigenvalue weighted by atomic mass is 32.2. The maximum absolute atomic E-state index is 14.1. The summed E-state index contributed by atoms with van der Waals surface area (Å²) in [7, 11) is -1.20. The van der Waals surface area contributed by atoms with Gasteiger partial charge in [0.2, 0.25) is 11.8 Å². The maximum atomic E-state index is 14.1. The Morgan fingerprint density at radius 3 is 2.02 bits per heavy atom. The molecule has 0 bridgehead atoms. The van der Waals surface area contributed by atoms with E-state index in [1.807, 2.05) is 27.7 Å². The number of sulfonamides is 1. The number of carbonyl (C=O) groups excluding carboxylic acids is 2. The van der Waals surface area contributed by atoms with Gasteiger partial charge in [0.25, 0.3) is 10.0 Å². The number of nitrogens with zero attached hydrogens (tertiary/aromatic N) is 2. The number of anilines is 1. The summed E-state index contributed by atoms with van der Waals surface area (Å²) in [6, 6.07) is 17.7. The lowest BCUT2D eigenvalue weighted by atomic mass is 10.1. The van der Waals surface area contributed by atoms with E-state index in [0.29, 0.717) is 11.5 Å². The summed E-state index contributed by atoms with van der Waals surface area (Å²) < 4.78 is 39.9. The smallest absolute Gasteiger partial charge is 0.264 e. The predicted octanol–water partition coefficient (Wildman–Crippen LogP) is 4.46. The van der Waals surface area contributed by atoms with Crippen molar-refractivity contribution < 1.29 is 27.5 Å². The first-order valence-electron chi connectivity index (χ1n) is 13.3. The molecule has 9 nitrogen and oxygen atoms in total. The molecule has 0 saturated carbocycles. The average molecular weight is 582 g/mol. The van der Waals surface area contributed by atoms with Crippen molar-refractivity contribution in [2.45, 2.75) is 58.1 Å². The SMILES string of the molecule is COc1ccc(CN(C(=O)CN(c2cc(C)ccc2OC)S(=O)(=O)c2ccc(C)cc2)C(C)C(=O)NC(C)C)cc1. The normalized spacial score (nSPS) is 12.0. The number of ether oxygens (including phenoxy) is 2. The van der Waals surface area contributed by atoms with E-state index in [2.05, 4.69) is 5.32 Å². The quantitative estimate of drug-likeness (QED) is 0.339. The standard InChI is InChI=1S/C31H39N3O6S/c1-21(2)32-31(36)24(5)33(19-25-11-13-26(39-6)14-12-25)30(35)20-34(28-18-23(4)10-17-29(28)40-7)41(37,38)27-15-8-22(3)9-16-27/h8-18,21,24H,19-20H2,1-7H3,(H,32,36). The summed E-state index contributed by atoms with van der Waals surface area (Å²) >= 11 is 0. The van der Waals surface area contributed by atoms with Gasteiger partial charge in [-0.25, -0.2) is 8.42 Å². The zero-order chi connectivity index (χ0) is 30.3. The monoisotopic (exact) mass is 581 g/mol. The fraction of sp³-hybridized carbons (Fsp3) is 0.355. The Labute approximate surface area is 243 Å². The fourth-order valence-electron chi connectivity index (χ4n) is 4.26. The van der Waals surface area contributed by atoms with E-state index in [4.69, 9.17) is 9.47 Å². The molecule has 3 rings (SSSR count). The van der Waals surface area contributed by atoms with Crippen LogP contribution in [0.25, 0.3) is 0 Å². The highest BCUT2D eigenvalue weighted by Crippen LogP contribution is 2.34. The van der Waals surface area contributed by atoms with Crippen LogP contribution in [0.3, 0.4) is 0 Å². The molecule has 10 heteroatoms. The summed E-state index contributed by atoms with van der Waals surface area (Å²) in [6.07, 6.45) is 0. The first-order valence-corrected chi connectivity index (χ1v) is 14.8. The highest BCUT2D eigenvalue weighted by molar-refractivity contribution is 7.92. The van der Waals surface area contributed by atoms with E-state index in [1.165, 1.54) is 24.1 Å². The molecule has 3 aromatic carbocycles. The van der Waals surface area contributed by atoms with Gasteiger partial charge in [-0.15, -0.1) is 0 Å². The molecule has 0 aromatic heterocycles. The van der Waals surface area contributed by atoms with Gasteiger partial charge in [-0.2, -0.15) is 0 Å². The van der Waals surface area contributed by atoms with Crippen LogP contribution in [0.5, 0.6) is 11.5 Å². The highest BCUT2D eigenvalue weighted by Gasteiger charge is 2.34. The largest absolute Gasteiger partial charge is 0.497 e. The molecule has 0 heterocycles. The van der Waals surface area contributed by atoms with Crippen molar-refractivity contribution in [3.05, 3.63) is 83.4 Å². The average Bonchev–Trinajstić information content (AvgIpc) is 2.94. The van der Waals surface area contributed by atoms with Gasteiger partial charge in [-0.05, 0) is 82.1 Å². The van der Waals surface area contributed by atoms with E-state index in [1.54, 1.807) is 68.6 Å². The first kappa shape index (κ1) is 31.5. The van der Waals surface area contributed by atoms with Gasteiger partial charge >= 0.3 is 0 Å². The Bertz CT molecular complexity index is 1450. The first-order chi connectivity index (χ1) is 19.4. The Morgan fingerprint density at radius 2 is 1.46 bits per heavy atom. The predicted molar refractivity (Wildman–Crippen MR) is 160 cm³/mol. The number of hydrogen-bond donors (Lipinski definition) is 1. The van der Waals surface area contributed by atoms with E-state index in [-0.39, 0.29) is 29.1 Å². The lowest BCUT2D eigenvalue weighted by Crippen LogP contribution is -2.52. The van der Waals surface area contributed by atoms with E-state index in [0.717, 1.165) is 21.0 Å². The van der Waals surface area contributed by atoms with Crippen LogP contribution in [0.2, 0.25) is 0 Å². The van der Waals surface area contributed by atoms with Crippen LogP contribution in [0.4, 0.5) is 5.69 Å². The summed E-state index contributed by atoms with van der Waals surface area (Å²) in [4.78, 5) is 28.6. The number of hydrogen-bond acceptors (Lipinski definition) is 6. The number of aryl methyl sites for hydroxylation is 2. The molecule has 41 heavy (non-hydrogen) atoms. The van der Waals surface area contributed by atoms with Crippen LogP contribution in [-0.4, -0.2) is 58.0 Å². The molecule has 0 aliphatic carbocycles. The molecular formula is C31H39N3O6S. The van der Waals surface area contributed by atoms with E-state index < -0.39 is 28.5 Å². The lowest BCUT2D eigenvalue weighted by molar-refractivity contribution is -0.139. The van der Waals surface area contributed by atoms with E-state index in [9.17, 15) is 18.0 Å². The Morgan fingerprint density at radius 1 is 0.854 bits per heavy atom. The van der Waals surface area contributed by atoms with Crippen LogP contribution in [0.15, 0.2) is 71.6 Å². The second-order valence-electron chi connectivity index (χ2n) is 10.2. The van der Waals surface area contributed by atoms with Crippen LogP contribution >= 0.6 is 0 Å². The maximum Gasteiger partial charge on any atom is 0.264 e. The van der Waals surface area contributed by atoms with Crippen molar-refractivity contribution >= 4 is 27.5 Å². The molecule has 1 N–H and O–H groups in total. The van der Waals surface area contributed by atoms with Crippen molar-refractivity contribution in [3.8, 4) is 11.5 Å².